The Balaban J connectivity index is 1.98. The second-order valence-corrected chi connectivity index (χ2v) is 4.69. The normalized spacial score (nSPS) is 10.5. The molecule has 8 heteroatoms. The molecular weight excluding hydrogens is 300 g/mol. The van der Waals surface area contributed by atoms with E-state index in [1.165, 1.54) is 18.2 Å². The van der Waals surface area contributed by atoms with Crippen molar-refractivity contribution in [2.24, 2.45) is 0 Å². The van der Waals surface area contributed by atoms with Crippen LogP contribution in [0, 0.1) is 10.1 Å². The smallest absolute Gasteiger partial charge is 0.270 e. The van der Waals surface area contributed by atoms with Gasteiger partial charge in [-0.3, -0.25) is 15.2 Å². The highest BCUT2D eigenvalue weighted by Gasteiger charge is 2.15. The molecule has 0 radical (unpaired) electrons. The maximum atomic E-state index is 10.8. The van der Waals surface area contributed by atoms with Crippen molar-refractivity contribution in [3.63, 3.8) is 0 Å². The van der Waals surface area contributed by atoms with E-state index in [0.29, 0.717) is 11.6 Å². The van der Waals surface area contributed by atoms with Gasteiger partial charge in [-0.2, -0.15) is 5.10 Å². The number of hydrogen-bond donors (Lipinski definition) is 2. The lowest BCUT2D eigenvalue weighted by molar-refractivity contribution is -0.384. The van der Waals surface area contributed by atoms with E-state index in [-0.39, 0.29) is 22.8 Å². The number of aromatic amines is 1. The van der Waals surface area contributed by atoms with Gasteiger partial charge in [0.05, 0.1) is 17.6 Å². The Morgan fingerprint density at radius 2 is 1.96 bits per heavy atom. The number of aromatic nitrogens is 3. The highest BCUT2D eigenvalue weighted by atomic mass is 16.6. The minimum Gasteiger partial charge on any atom is -0.507 e. The van der Waals surface area contributed by atoms with Crippen molar-refractivity contribution >= 4 is 5.69 Å². The molecule has 1 heterocycles. The molecular formula is C15H12N4O4. The van der Waals surface area contributed by atoms with Gasteiger partial charge in [0.1, 0.15) is 11.5 Å². The summed E-state index contributed by atoms with van der Waals surface area (Å²) in [6.07, 6.45) is 0. The van der Waals surface area contributed by atoms with Crippen LogP contribution in [0.4, 0.5) is 5.69 Å². The molecule has 0 saturated heterocycles. The van der Waals surface area contributed by atoms with Gasteiger partial charge in [-0.25, -0.2) is 4.98 Å². The molecule has 1 aromatic heterocycles. The van der Waals surface area contributed by atoms with Gasteiger partial charge in [-0.1, -0.05) is 0 Å². The van der Waals surface area contributed by atoms with E-state index in [4.69, 9.17) is 4.74 Å². The van der Waals surface area contributed by atoms with Crippen LogP contribution >= 0.6 is 0 Å². The lowest BCUT2D eigenvalue weighted by Gasteiger charge is -2.01. The molecule has 2 N–H and O–H groups in total. The molecule has 0 fully saturated rings. The van der Waals surface area contributed by atoms with Crippen LogP contribution in [-0.2, 0) is 0 Å². The molecule has 2 aromatic carbocycles. The fourth-order valence-electron chi connectivity index (χ4n) is 2.08. The van der Waals surface area contributed by atoms with Crippen LogP contribution in [0.25, 0.3) is 22.8 Å². The van der Waals surface area contributed by atoms with E-state index >= 15 is 0 Å². The second-order valence-electron chi connectivity index (χ2n) is 4.69. The van der Waals surface area contributed by atoms with Crippen molar-refractivity contribution in [2.45, 2.75) is 0 Å². The molecule has 116 valence electrons. The number of aromatic hydroxyl groups is 1. The summed E-state index contributed by atoms with van der Waals surface area (Å²) in [7, 11) is 1.57. The van der Waals surface area contributed by atoms with E-state index < -0.39 is 4.92 Å². The zero-order valence-corrected chi connectivity index (χ0v) is 12.1. The molecule has 0 atom stereocenters. The van der Waals surface area contributed by atoms with Crippen molar-refractivity contribution in [2.75, 3.05) is 7.11 Å². The number of benzene rings is 2. The van der Waals surface area contributed by atoms with Crippen molar-refractivity contribution in [3.05, 3.63) is 52.6 Å². The number of nitro groups is 1. The maximum Gasteiger partial charge on any atom is 0.270 e. The molecule has 0 amide bonds. The van der Waals surface area contributed by atoms with Gasteiger partial charge in [-0.05, 0) is 30.3 Å². The van der Waals surface area contributed by atoms with Crippen LogP contribution in [-0.4, -0.2) is 32.3 Å². The molecule has 3 rings (SSSR count). The molecule has 23 heavy (non-hydrogen) atoms. The van der Waals surface area contributed by atoms with Crippen molar-refractivity contribution < 1.29 is 14.8 Å². The Bertz CT molecular complexity index is 858. The number of nitro benzene ring substituents is 1. The third-order valence-corrected chi connectivity index (χ3v) is 3.28. The highest BCUT2D eigenvalue weighted by molar-refractivity contribution is 5.69. The van der Waals surface area contributed by atoms with Crippen LogP contribution in [0.2, 0.25) is 0 Å². The quantitative estimate of drug-likeness (QED) is 0.565. The molecule has 0 saturated carbocycles. The van der Waals surface area contributed by atoms with Crippen LogP contribution in [0.3, 0.4) is 0 Å². The summed E-state index contributed by atoms with van der Waals surface area (Å²) in [5, 5.41) is 27.5. The van der Waals surface area contributed by atoms with Crippen LogP contribution in [0.15, 0.2) is 42.5 Å². The maximum absolute atomic E-state index is 10.8. The van der Waals surface area contributed by atoms with Gasteiger partial charge in [0.15, 0.2) is 11.6 Å². The number of hydrogen-bond acceptors (Lipinski definition) is 6. The van der Waals surface area contributed by atoms with E-state index in [0.717, 1.165) is 5.56 Å². The van der Waals surface area contributed by atoms with Gasteiger partial charge in [-0.15, -0.1) is 0 Å². The molecule has 3 aromatic rings. The number of phenolic OH excluding ortho intramolecular Hbond substituents is 1. The van der Waals surface area contributed by atoms with Crippen molar-refractivity contribution in [1.82, 2.24) is 15.2 Å². The second kappa shape index (κ2) is 5.76. The number of phenols is 1. The lowest BCUT2D eigenvalue weighted by atomic mass is 10.1. The molecule has 0 aliphatic heterocycles. The van der Waals surface area contributed by atoms with Gasteiger partial charge in [0.2, 0.25) is 0 Å². The van der Waals surface area contributed by atoms with Gasteiger partial charge in [0, 0.05) is 17.7 Å². The third-order valence-electron chi connectivity index (χ3n) is 3.28. The van der Waals surface area contributed by atoms with Crippen LogP contribution in [0.1, 0.15) is 0 Å². The molecule has 0 aliphatic carbocycles. The summed E-state index contributed by atoms with van der Waals surface area (Å²) in [6.45, 7) is 0. The lowest BCUT2D eigenvalue weighted by Crippen LogP contribution is -1.90. The first-order valence-corrected chi connectivity index (χ1v) is 6.63. The minimum atomic E-state index is -0.538. The highest BCUT2D eigenvalue weighted by Crippen LogP contribution is 2.31. The number of nitrogens with one attached hydrogen (secondary N) is 1. The Morgan fingerprint density at radius 3 is 2.61 bits per heavy atom. The Labute approximate surface area is 130 Å². The Morgan fingerprint density at radius 1 is 1.22 bits per heavy atom. The predicted molar refractivity (Wildman–Crippen MR) is 82.1 cm³/mol. The number of methoxy groups -OCH3 is 1. The minimum absolute atomic E-state index is 0.118. The van der Waals surface area contributed by atoms with E-state index in [1.54, 1.807) is 31.4 Å². The summed E-state index contributed by atoms with van der Waals surface area (Å²) in [4.78, 5) is 14.6. The van der Waals surface area contributed by atoms with Crippen molar-refractivity contribution in [1.29, 1.82) is 0 Å². The predicted octanol–water partition coefficient (Wildman–Crippen LogP) is 2.76. The number of non-ortho nitro benzene ring substituents is 1. The Kier molecular flexibility index (Phi) is 3.63. The van der Waals surface area contributed by atoms with Gasteiger partial charge >= 0.3 is 0 Å². The monoisotopic (exact) mass is 312 g/mol. The summed E-state index contributed by atoms with van der Waals surface area (Å²) >= 11 is 0. The summed E-state index contributed by atoms with van der Waals surface area (Å²) in [5.41, 5.74) is 0.824. The van der Waals surface area contributed by atoms with Gasteiger partial charge in [0.25, 0.3) is 5.69 Å². The molecule has 8 nitrogen and oxygen atoms in total. The molecule has 0 aliphatic rings. The molecule has 0 spiro atoms. The van der Waals surface area contributed by atoms with E-state index in [2.05, 4.69) is 15.2 Å². The summed E-state index contributed by atoms with van der Waals surface area (Å²) in [6, 6.07) is 10.8. The van der Waals surface area contributed by atoms with Crippen LogP contribution in [0.5, 0.6) is 11.5 Å². The average Bonchev–Trinajstić information content (AvgIpc) is 3.05. The standard InChI is InChI=1S/C15H12N4O4/c1-23-11-5-2-9(3-6-11)14-16-15(18-17-14)12-8-10(19(21)22)4-7-13(12)20/h2-8,20H,1H3,(H,16,17,18). The fourth-order valence-corrected chi connectivity index (χ4v) is 2.08. The number of nitrogens with zero attached hydrogens (tertiary/aromatic N) is 3. The first kappa shape index (κ1) is 14.5. The zero-order valence-electron chi connectivity index (χ0n) is 12.1. The first-order valence-electron chi connectivity index (χ1n) is 6.63. The molecule has 0 unspecified atom stereocenters. The summed E-state index contributed by atoms with van der Waals surface area (Å²) in [5.74, 6) is 1.25. The Hall–Kier alpha value is -3.42. The third kappa shape index (κ3) is 2.82. The summed E-state index contributed by atoms with van der Waals surface area (Å²) < 4.78 is 5.09. The SMILES string of the molecule is COc1ccc(-c2n[nH]c(-c3cc([N+](=O)[O-])ccc3O)n2)cc1. The van der Waals surface area contributed by atoms with E-state index in [1.807, 2.05) is 0 Å². The molecule has 0 bridgehead atoms. The van der Waals surface area contributed by atoms with Crippen LogP contribution < -0.4 is 4.74 Å². The largest absolute Gasteiger partial charge is 0.507 e. The number of ether oxygens (including phenoxy) is 1. The number of rotatable bonds is 4. The van der Waals surface area contributed by atoms with Crippen molar-refractivity contribution in [3.8, 4) is 34.3 Å². The zero-order chi connectivity index (χ0) is 16.4. The number of H-pyrrole nitrogens is 1. The van der Waals surface area contributed by atoms with Gasteiger partial charge < -0.3 is 9.84 Å². The first-order chi connectivity index (χ1) is 11.1. The average molecular weight is 312 g/mol. The topological polar surface area (TPSA) is 114 Å². The van der Waals surface area contributed by atoms with E-state index in [9.17, 15) is 15.2 Å². The fraction of sp³-hybridized carbons (Fsp3) is 0.0667.